The summed E-state index contributed by atoms with van der Waals surface area (Å²) >= 11 is 0. The number of carbonyl (C=O) groups excluding carboxylic acids is 1. The molecule has 2 aromatic rings. The molecule has 0 bridgehead atoms. The molecule has 0 amide bonds. The summed E-state index contributed by atoms with van der Waals surface area (Å²) in [5, 5.41) is 0. The molecule has 1 aromatic heterocycles. The molecule has 106 valence electrons. The summed E-state index contributed by atoms with van der Waals surface area (Å²) in [5.74, 6) is 0.795. The van der Waals surface area contributed by atoms with E-state index in [1.54, 1.807) is 6.20 Å². The van der Waals surface area contributed by atoms with E-state index in [1.807, 2.05) is 36.4 Å². The molecule has 0 radical (unpaired) electrons. The normalized spacial score (nSPS) is 19.0. The summed E-state index contributed by atoms with van der Waals surface area (Å²) in [7, 11) is 0. The minimum Gasteiger partial charge on any atom is -0.380 e. The fourth-order valence-electron chi connectivity index (χ4n) is 3.19. The Morgan fingerprint density at radius 2 is 1.90 bits per heavy atom. The Bertz CT molecular complexity index is 672. The highest BCUT2D eigenvalue weighted by atomic mass is 16.5. The van der Waals surface area contributed by atoms with Crippen molar-refractivity contribution in [3.8, 4) is 11.1 Å². The number of hydrogen-bond donors (Lipinski definition) is 0. The van der Waals surface area contributed by atoms with E-state index in [0.717, 1.165) is 49.5 Å². The van der Waals surface area contributed by atoms with Gasteiger partial charge in [0.25, 0.3) is 0 Å². The van der Waals surface area contributed by atoms with E-state index in [1.165, 1.54) is 0 Å². The molecule has 0 saturated carbocycles. The van der Waals surface area contributed by atoms with Crippen LogP contribution in [0.25, 0.3) is 11.1 Å². The van der Waals surface area contributed by atoms with E-state index in [9.17, 15) is 4.79 Å². The monoisotopic (exact) mass is 280 g/mol. The van der Waals surface area contributed by atoms with Crippen LogP contribution in [0.2, 0.25) is 0 Å². The van der Waals surface area contributed by atoms with E-state index in [4.69, 9.17) is 4.74 Å². The van der Waals surface area contributed by atoms with E-state index < -0.39 is 0 Å². The standard InChI is InChI=1S/C17H16N2O2/c20-8-15-14(13-4-2-1-3-5-13)6-7-18-16(15)19-9-17(10-19)11-21-12-17/h1-8H,9-12H2. The molecule has 4 heteroatoms. The molecule has 0 N–H and O–H groups in total. The van der Waals surface area contributed by atoms with Gasteiger partial charge in [0.05, 0.1) is 24.2 Å². The fourth-order valence-corrected chi connectivity index (χ4v) is 3.19. The van der Waals surface area contributed by atoms with Gasteiger partial charge in [0.15, 0.2) is 6.29 Å². The average Bonchev–Trinajstić information content (AvgIpc) is 2.45. The van der Waals surface area contributed by atoms with Crippen LogP contribution in [0.1, 0.15) is 10.4 Å². The quantitative estimate of drug-likeness (QED) is 0.810. The van der Waals surface area contributed by atoms with Crippen molar-refractivity contribution in [2.75, 3.05) is 31.2 Å². The number of benzene rings is 1. The minimum atomic E-state index is 0.310. The largest absolute Gasteiger partial charge is 0.380 e. The maximum Gasteiger partial charge on any atom is 0.154 e. The molecule has 1 aromatic carbocycles. The Balaban J connectivity index is 1.70. The van der Waals surface area contributed by atoms with Gasteiger partial charge in [-0.25, -0.2) is 4.98 Å². The molecule has 4 nitrogen and oxygen atoms in total. The van der Waals surface area contributed by atoms with Gasteiger partial charge in [0, 0.05) is 19.3 Å². The van der Waals surface area contributed by atoms with Gasteiger partial charge in [-0.15, -0.1) is 0 Å². The SMILES string of the molecule is O=Cc1c(-c2ccccc2)ccnc1N1CC2(COC2)C1. The Morgan fingerprint density at radius 3 is 2.52 bits per heavy atom. The molecule has 3 heterocycles. The van der Waals surface area contributed by atoms with Crippen molar-refractivity contribution in [2.45, 2.75) is 0 Å². The van der Waals surface area contributed by atoms with E-state index in [2.05, 4.69) is 9.88 Å². The van der Waals surface area contributed by atoms with Crippen LogP contribution in [0.15, 0.2) is 42.6 Å². The smallest absolute Gasteiger partial charge is 0.154 e. The Morgan fingerprint density at radius 1 is 1.14 bits per heavy atom. The lowest BCUT2D eigenvalue weighted by molar-refractivity contribution is -0.127. The lowest BCUT2D eigenvalue weighted by atomic mass is 9.78. The summed E-state index contributed by atoms with van der Waals surface area (Å²) in [6.45, 7) is 3.52. The third-order valence-corrected chi connectivity index (χ3v) is 4.34. The van der Waals surface area contributed by atoms with Gasteiger partial charge < -0.3 is 9.64 Å². The highest BCUT2D eigenvalue weighted by Crippen LogP contribution is 2.41. The van der Waals surface area contributed by atoms with Crippen LogP contribution in [-0.2, 0) is 4.74 Å². The number of ether oxygens (including phenoxy) is 1. The highest BCUT2D eigenvalue weighted by molar-refractivity contribution is 5.93. The summed E-state index contributed by atoms with van der Waals surface area (Å²) in [6, 6.07) is 11.9. The number of pyridine rings is 1. The van der Waals surface area contributed by atoms with Crippen LogP contribution in [-0.4, -0.2) is 37.6 Å². The lowest BCUT2D eigenvalue weighted by Crippen LogP contribution is -2.66. The zero-order valence-corrected chi connectivity index (χ0v) is 11.7. The van der Waals surface area contributed by atoms with Crippen molar-refractivity contribution >= 4 is 12.1 Å². The Labute approximate surface area is 123 Å². The molecule has 2 fully saturated rings. The molecule has 0 unspecified atom stereocenters. The maximum atomic E-state index is 11.6. The molecule has 4 rings (SSSR count). The maximum absolute atomic E-state index is 11.6. The summed E-state index contributed by atoms with van der Waals surface area (Å²) in [4.78, 5) is 18.2. The van der Waals surface area contributed by atoms with Crippen molar-refractivity contribution in [3.05, 3.63) is 48.2 Å². The Hall–Kier alpha value is -2.20. The first-order chi connectivity index (χ1) is 10.3. The highest BCUT2D eigenvalue weighted by Gasteiger charge is 2.49. The van der Waals surface area contributed by atoms with Gasteiger partial charge in [-0.1, -0.05) is 30.3 Å². The molecular weight excluding hydrogens is 264 g/mol. The molecule has 0 aliphatic carbocycles. The summed E-state index contributed by atoms with van der Waals surface area (Å²) in [5.41, 5.74) is 2.98. The van der Waals surface area contributed by atoms with Crippen LogP contribution in [0.4, 0.5) is 5.82 Å². The van der Waals surface area contributed by atoms with Crippen LogP contribution < -0.4 is 4.90 Å². The van der Waals surface area contributed by atoms with Gasteiger partial charge in [-0.3, -0.25) is 4.79 Å². The number of carbonyl (C=O) groups is 1. The first-order valence-corrected chi connectivity index (χ1v) is 7.14. The number of anilines is 1. The van der Waals surface area contributed by atoms with E-state index in [0.29, 0.717) is 11.0 Å². The van der Waals surface area contributed by atoms with Crippen LogP contribution in [0, 0.1) is 5.41 Å². The molecule has 21 heavy (non-hydrogen) atoms. The van der Waals surface area contributed by atoms with Gasteiger partial charge in [-0.05, 0) is 17.2 Å². The molecular formula is C17H16N2O2. The number of aromatic nitrogens is 1. The minimum absolute atomic E-state index is 0.310. The predicted octanol–water partition coefficient (Wildman–Crippen LogP) is 2.40. The zero-order valence-electron chi connectivity index (χ0n) is 11.7. The number of aldehydes is 1. The number of rotatable bonds is 3. The van der Waals surface area contributed by atoms with Gasteiger partial charge in [0.2, 0.25) is 0 Å². The first-order valence-electron chi connectivity index (χ1n) is 7.14. The van der Waals surface area contributed by atoms with Crippen molar-refractivity contribution in [1.82, 2.24) is 4.98 Å². The summed E-state index contributed by atoms with van der Waals surface area (Å²) in [6.07, 6.45) is 2.71. The van der Waals surface area contributed by atoms with Crippen LogP contribution in [0.3, 0.4) is 0 Å². The third-order valence-electron chi connectivity index (χ3n) is 4.34. The lowest BCUT2D eigenvalue weighted by Gasteiger charge is -2.55. The second kappa shape index (κ2) is 4.67. The fraction of sp³-hybridized carbons (Fsp3) is 0.294. The average molecular weight is 280 g/mol. The van der Waals surface area contributed by atoms with Gasteiger partial charge in [-0.2, -0.15) is 0 Å². The summed E-state index contributed by atoms with van der Waals surface area (Å²) < 4.78 is 5.30. The van der Waals surface area contributed by atoms with Gasteiger partial charge >= 0.3 is 0 Å². The third kappa shape index (κ3) is 1.94. The van der Waals surface area contributed by atoms with E-state index in [-0.39, 0.29) is 0 Å². The van der Waals surface area contributed by atoms with Gasteiger partial charge in [0.1, 0.15) is 5.82 Å². The van der Waals surface area contributed by atoms with E-state index >= 15 is 0 Å². The molecule has 0 atom stereocenters. The first kappa shape index (κ1) is 12.5. The second-order valence-corrected chi connectivity index (χ2v) is 5.93. The predicted molar refractivity (Wildman–Crippen MR) is 80.5 cm³/mol. The topological polar surface area (TPSA) is 42.4 Å². The van der Waals surface area contributed by atoms with Crippen molar-refractivity contribution in [1.29, 1.82) is 0 Å². The zero-order chi connectivity index (χ0) is 14.3. The molecule has 1 spiro atoms. The van der Waals surface area contributed by atoms with Crippen molar-refractivity contribution in [2.24, 2.45) is 5.41 Å². The van der Waals surface area contributed by atoms with Crippen molar-refractivity contribution in [3.63, 3.8) is 0 Å². The van der Waals surface area contributed by atoms with Crippen LogP contribution in [0.5, 0.6) is 0 Å². The second-order valence-electron chi connectivity index (χ2n) is 5.93. The van der Waals surface area contributed by atoms with Crippen LogP contribution >= 0.6 is 0 Å². The molecule has 2 aliphatic rings. The number of hydrogen-bond acceptors (Lipinski definition) is 4. The Kier molecular flexibility index (Phi) is 2.79. The van der Waals surface area contributed by atoms with Crippen molar-refractivity contribution < 1.29 is 9.53 Å². The molecule has 2 aliphatic heterocycles. The molecule has 2 saturated heterocycles. The number of nitrogens with zero attached hydrogens (tertiary/aromatic N) is 2.